The number of hydrogen-bond donors (Lipinski definition) is 0. The molecule has 1 aromatic heterocycles. The van der Waals surface area contributed by atoms with Crippen LogP contribution in [0.5, 0.6) is 0 Å². The lowest BCUT2D eigenvalue weighted by atomic mass is 9.98. The standard InChI is InChI=1S/C13H17BrN2O2/c1-2-18-13(17)10-4-3-7-16(9-10)12-6-5-11(14)8-15-12/h5-6,8,10H,2-4,7,9H2,1H3/t10-/m0/s1. The quantitative estimate of drug-likeness (QED) is 0.805. The van der Waals surface area contributed by atoms with Crippen molar-refractivity contribution >= 4 is 27.7 Å². The van der Waals surface area contributed by atoms with E-state index in [1.165, 1.54) is 0 Å². The van der Waals surface area contributed by atoms with Gasteiger partial charge in [-0.25, -0.2) is 4.98 Å². The molecule has 4 nitrogen and oxygen atoms in total. The number of nitrogens with zero attached hydrogens (tertiary/aromatic N) is 2. The zero-order valence-corrected chi connectivity index (χ0v) is 12.0. The molecule has 2 heterocycles. The Kier molecular flexibility index (Phi) is 4.58. The van der Waals surface area contributed by atoms with E-state index in [0.717, 1.165) is 29.7 Å². The SMILES string of the molecule is CCOC(=O)[C@H]1CCCN(c2ccc(Br)cn2)C1. The van der Waals surface area contributed by atoms with E-state index in [1.54, 1.807) is 6.20 Å². The minimum Gasteiger partial charge on any atom is -0.466 e. The molecule has 1 saturated heterocycles. The first-order chi connectivity index (χ1) is 8.70. The Morgan fingerprint density at radius 3 is 3.11 bits per heavy atom. The van der Waals surface area contributed by atoms with E-state index < -0.39 is 0 Å². The lowest BCUT2D eigenvalue weighted by Crippen LogP contribution is -2.39. The molecule has 1 aliphatic rings. The second kappa shape index (κ2) is 6.18. The summed E-state index contributed by atoms with van der Waals surface area (Å²) < 4.78 is 6.05. The largest absolute Gasteiger partial charge is 0.466 e. The predicted octanol–water partition coefficient (Wildman–Crippen LogP) is 2.62. The van der Waals surface area contributed by atoms with Gasteiger partial charge in [0.2, 0.25) is 0 Å². The van der Waals surface area contributed by atoms with Crippen LogP contribution < -0.4 is 4.90 Å². The highest BCUT2D eigenvalue weighted by Crippen LogP contribution is 2.23. The van der Waals surface area contributed by atoms with Gasteiger partial charge >= 0.3 is 5.97 Å². The monoisotopic (exact) mass is 312 g/mol. The number of rotatable bonds is 3. The van der Waals surface area contributed by atoms with E-state index in [-0.39, 0.29) is 11.9 Å². The van der Waals surface area contributed by atoms with Crippen LogP contribution >= 0.6 is 15.9 Å². The van der Waals surface area contributed by atoms with Crippen molar-refractivity contribution in [2.75, 3.05) is 24.6 Å². The van der Waals surface area contributed by atoms with Crippen LogP contribution in [0.4, 0.5) is 5.82 Å². The molecule has 1 fully saturated rings. The third kappa shape index (κ3) is 3.22. The van der Waals surface area contributed by atoms with Crippen LogP contribution in [0.2, 0.25) is 0 Å². The minimum absolute atomic E-state index is 0.0239. The van der Waals surface area contributed by atoms with Crippen LogP contribution in [0.3, 0.4) is 0 Å². The van der Waals surface area contributed by atoms with Gasteiger partial charge in [0.05, 0.1) is 12.5 Å². The number of piperidine rings is 1. The Hall–Kier alpha value is -1.10. The van der Waals surface area contributed by atoms with Gasteiger partial charge in [0, 0.05) is 23.8 Å². The summed E-state index contributed by atoms with van der Waals surface area (Å²) in [5, 5.41) is 0. The van der Waals surface area contributed by atoms with Crippen molar-refractivity contribution in [3.63, 3.8) is 0 Å². The summed E-state index contributed by atoms with van der Waals surface area (Å²) in [6.45, 7) is 3.94. The van der Waals surface area contributed by atoms with E-state index >= 15 is 0 Å². The normalized spacial score (nSPS) is 19.7. The van der Waals surface area contributed by atoms with Crippen molar-refractivity contribution in [1.29, 1.82) is 0 Å². The minimum atomic E-state index is -0.0840. The maximum absolute atomic E-state index is 11.8. The Bertz CT molecular complexity index is 408. The van der Waals surface area contributed by atoms with Crippen molar-refractivity contribution < 1.29 is 9.53 Å². The molecule has 0 N–H and O–H groups in total. The van der Waals surface area contributed by atoms with E-state index in [0.29, 0.717) is 13.2 Å². The molecule has 1 aromatic rings. The van der Waals surface area contributed by atoms with Gasteiger partial charge < -0.3 is 9.64 Å². The van der Waals surface area contributed by atoms with Crippen molar-refractivity contribution in [3.8, 4) is 0 Å². The second-order valence-corrected chi connectivity index (χ2v) is 5.29. The second-order valence-electron chi connectivity index (χ2n) is 4.37. The first-order valence-electron chi connectivity index (χ1n) is 6.24. The lowest BCUT2D eigenvalue weighted by Gasteiger charge is -2.32. The van der Waals surface area contributed by atoms with Gasteiger partial charge in [-0.2, -0.15) is 0 Å². The van der Waals surface area contributed by atoms with Crippen molar-refractivity contribution in [1.82, 2.24) is 4.98 Å². The first-order valence-corrected chi connectivity index (χ1v) is 7.03. The average molecular weight is 313 g/mol. The van der Waals surface area contributed by atoms with E-state index in [9.17, 15) is 4.79 Å². The smallest absolute Gasteiger partial charge is 0.310 e. The van der Waals surface area contributed by atoms with Gasteiger partial charge in [-0.05, 0) is 47.8 Å². The summed E-state index contributed by atoms with van der Waals surface area (Å²) in [5.41, 5.74) is 0. The molecule has 1 aliphatic heterocycles. The van der Waals surface area contributed by atoms with E-state index in [2.05, 4.69) is 25.8 Å². The third-order valence-electron chi connectivity index (χ3n) is 3.08. The summed E-state index contributed by atoms with van der Waals surface area (Å²) in [7, 11) is 0. The number of carbonyl (C=O) groups excluding carboxylic acids is 1. The van der Waals surface area contributed by atoms with E-state index in [4.69, 9.17) is 4.74 Å². The van der Waals surface area contributed by atoms with Gasteiger partial charge in [0.1, 0.15) is 5.82 Å². The fraction of sp³-hybridized carbons (Fsp3) is 0.538. The third-order valence-corrected chi connectivity index (χ3v) is 3.55. The number of ether oxygens (including phenoxy) is 1. The number of anilines is 1. The number of aromatic nitrogens is 1. The molecule has 0 spiro atoms. The molecule has 0 unspecified atom stereocenters. The predicted molar refractivity (Wildman–Crippen MR) is 73.5 cm³/mol. The molecule has 0 radical (unpaired) electrons. The van der Waals surface area contributed by atoms with E-state index in [1.807, 2.05) is 19.1 Å². The number of esters is 1. The van der Waals surface area contributed by atoms with Crippen LogP contribution in [0, 0.1) is 5.92 Å². The van der Waals surface area contributed by atoms with Crippen LogP contribution in [0.1, 0.15) is 19.8 Å². The first kappa shape index (κ1) is 13.3. The molecule has 0 amide bonds. The zero-order valence-electron chi connectivity index (χ0n) is 10.4. The summed E-state index contributed by atoms with van der Waals surface area (Å²) in [5.74, 6) is 0.815. The molecular weight excluding hydrogens is 296 g/mol. The average Bonchev–Trinajstić information content (AvgIpc) is 2.40. The van der Waals surface area contributed by atoms with Gasteiger partial charge in [0.25, 0.3) is 0 Å². The molecule has 5 heteroatoms. The Labute approximate surface area is 115 Å². The van der Waals surface area contributed by atoms with Crippen LogP contribution in [-0.4, -0.2) is 30.6 Å². The molecule has 0 saturated carbocycles. The lowest BCUT2D eigenvalue weighted by molar-refractivity contribution is -0.148. The Balaban J connectivity index is 2.02. The number of hydrogen-bond acceptors (Lipinski definition) is 4. The number of pyridine rings is 1. The molecular formula is C13H17BrN2O2. The highest BCUT2D eigenvalue weighted by Gasteiger charge is 2.27. The van der Waals surface area contributed by atoms with Gasteiger partial charge in [-0.15, -0.1) is 0 Å². The number of carbonyl (C=O) groups is 1. The number of halogens is 1. The molecule has 0 bridgehead atoms. The van der Waals surface area contributed by atoms with Crippen LogP contribution in [-0.2, 0) is 9.53 Å². The molecule has 2 rings (SSSR count). The fourth-order valence-electron chi connectivity index (χ4n) is 2.19. The Morgan fingerprint density at radius 2 is 2.44 bits per heavy atom. The molecule has 1 atom stereocenters. The van der Waals surface area contributed by atoms with Gasteiger partial charge in [-0.3, -0.25) is 4.79 Å². The van der Waals surface area contributed by atoms with Crippen molar-refractivity contribution in [2.24, 2.45) is 5.92 Å². The molecule has 0 aromatic carbocycles. The van der Waals surface area contributed by atoms with Crippen molar-refractivity contribution in [2.45, 2.75) is 19.8 Å². The molecule has 0 aliphatic carbocycles. The van der Waals surface area contributed by atoms with Crippen LogP contribution in [0.25, 0.3) is 0 Å². The maximum Gasteiger partial charge on any atom is 0.310 e. The zero-order chi connectivity index (χ0) is 13.0. The topological polar surface area (TPSA) is 42.4 Å². The fourth-order valence-corrected chi connectivity index (χ4v) is 2.43. The van der Waals surface area contributed by atoms with Crippen LogP contribution in [0.15, 0.2) is 22.8 Å². The molecule has 98 valence electrons. The molecule has 18 heavy (non-hydrogen) atoms. The Morgan fingerprint density at radius 1 is 1.61 bits per heavy atom. The maximum atomic E-state index is 11.8. The summed E-state index contributed by atoms with van der Waals surface area (Å²) in [4.78, 5) is 18.3. The van der Waals surface area contributed by atoms with Crippen molar-refractivity contribution in [3.05, 3.63) is 22.8 Å². The summed E-state index contributed by atoms with van der Waals surface area (Å²) in [6.07, 6.45) is 3.69. The highest BCUT2D eigenvalue weighted by molar-refractivity contribution is 9.10. The summed E-state index contributed by atoms with van der Waals surface area (Å²) >= 11 is 3.37. The summed E-state index contributed by atoms with van der Waals surface area (Å²) in [6, 6.07) is 3.94. The van der Waals surface area contributed by atoms with Gasteiger partial charge in [-0.1, -0.05) is 0 Å². The van der Waals surface area contributed by atoms with Gasteiger partial charge in [0.15, 0.2) is 0 Å². The highest BCUT2D eigenvalue weighted by atomic mass is 79.9.